The first-order valence-electron chi connectivity index (χ1n) is 6.20. The summed E-state index contributed by atoms with van der Waals surface area (Å²) in [6, 6.07) is 9.26. The van der Waals surface area contributed by atoms with Crippen molar-refractivity contribution in [2.24, 2.45) is 0 Å². The first-order valence-corrected chi connectivity index (χ1v) is 6.57. The van der Waals surface area contributed by atoms with Gasteiger partial charge < -0.3 is 5.32 Å². The monoisotopic (exact) mass is 321 g/mol. The van der Waals surface area contributed by atoms with Crippen molar-refractivity contribution in [1.29, 1.82) is 0 Å². The number of benzene rings is 2. The van der Waals surface area contributed by atoms with E-state index in [2.05, 4.69) is 5.32 Å². The minimum absolute atomic E-state index is 0.0503. The quantitative estimate of drug-likeness (QED) is 0.683. The van der Waals surface area contributed by atoms with E-state index < -0.39 is 23.3 Å². The Morgan fingerprint density at radius 3 is 2.45 bits per heavy atom. The number of ketones is 1. The van der Waals surface area contributed by atoms with Crippen LogP contribution in [-0.4, -0.2) is 11.7 Å². The highest BCUT2D eigenvalue weighted by molar-refractivity contribution is 6.30. The van der Waals surface area contributed by atoms with E-state index in [-0.39, 0.29) is 5.56 Å². The fourth-order valence-corrected chi connectivity index (χ4v) is 1.84. The van der Waals surface area contributed by atoms with Crippen LogP contribution < -0.4 is 5.32 Å². The van der Waals surface area contributed by atoms with Crippen LogP contribution >= 0.6 is 11.6 Å². The van der Waals surface area contributed by atoms with Gasteiger partial charge in [0.05, 0.1) is 0 Å². The van der Waals surface area contributed by atoms with Gasteiger partial charge in [0.2, 0.25) is 5.91 Å². The summed E-state index contributed by atoms with van der Waals surface area (Å²) < 4.78 is 25.8. The Hall–Kier alpha value is -2.53. The molecule has 0 aliphatic carbocycles. The van der Waals surface area contributed by atoms with Crippen LogP contribution in [0.4, 0.5) is 14.5 Å². The molecule has 22 heavy (non-hydrogen) atoms. The molecule has 6 heteroatoms. The third-order valence-electron chi connectivity index (χ3n) is 2.68. The molecular formula is C16H10ClF2NO2. The number of allylic oxidation sites excluding steroid dienone is 1. The number of anilines is 1. The minimum Gasteiger partial charge on any atom is -0.322 e. The van der Waals surface area contributed by atoms with E-state index in [1.54, 1.807) is 24.3 Å². The largest absolute Gasteiger partial charge is 0.322 e. The predicted molar refractivity (Wildman–Crippen MR) is 79.9 cm³/mol. The van der Waals surface area contributed by atoms with E-state index in [1.807, 2.05) is 0 Å². The van der Waals surface area contributed by atoms with Gasteiger partial charge >= 0.3 is 0 Å². The average Bonchev–Trinajstić information content (AvgIpc) is 2.47. The molecule has 0 atom stereocenters. The molecule has 2 aromatic carbocycles. The maximum Gasteiger partial charge on any atom is 0.248 e. The number of hydrogen-bond acceptors (Lipinski definition) is 2. The Balaban J connectivity index is 2.02. The van der Waals surface area contributed by atoms with Gasteiger partial charge in [-0.05, 0) is 42.5 Å². The number of carbonyl (C=O) groups is 2. The van der Waals surface area contributed by atoms with Crippen LogP contribution in [0.1, 0.15) is 10.4 Å². The maximum atomic E-state index is 13.0. The summed E-state index contributed by atoms with van der Waals surface area (Å²) in [4.78, 5) is 23.4. The smallest absolute Gasteiger partial charge is 0.248 e. The predicted octanol–water partition coefficient (Wildman–Crippen LogP) is 4.00. The van der Waals surface area contributed by atoms with Gasteiger partial charge in [-0.15, -0.1) is 0 Å². The van der Waals surface area contributed by atoms with Crippen LogP contribution in [0, 0.1) is 11.6 Å². The molecule has 2 rings (SSSR count). The van der Waals surface area contributed by atoms with Crippen molar-refractivity contribution in [3.8, 4) is 0 Å². The van der Waals surface area contributed by atoms with E-state index in [0.717, 1.165) is 30.4 Å². The van der Waals surface area contributed by atoms with Crippen molar-refractivity contribution < 1.29 is 18.4 Å². The first kappa shape index (κ1) is 15.9. The highest BCUT2D eigenvalue weighted by Gasteiger charge is 2.08. The van der Waals surface area contributed by atoms with Crippen molar-refractivity contribution in [2.75, 3.05) is 5.32 Å². The zero-order valence-corrected chi connectivity index (χ0v) is 11.9. The average molecular weight is 322 g/mol. The van der Waals surface area contributed by atoms with Crippen LogP contribution in [0.5, 0.6) is 0 Å². The Labute approximate surface area is 130 Å². The lowest BCUT2D eigenvalue weighted by Gasteiger charge is -2.02. The zero-order chi connectivity index (χ0) is 16.1. The molecule has 0 heterocycles. The van der Waals surface area contributed by atoms with Gasteiger partial charge in [0, 0.05) is 22.3 Å². The zero-order valence-electron chi connectivity index (χ0n) is 11.1. The molecule has 0 unspecified atom stereocenters. The van der Waals surface area contributed by atoms with Crippen LogP contribution in [0.15, 0.2) is 54.6 Å². The van der Waals surface area contributed by atoms with Gasteiger partial charge in [-0.3, -0.25) is 9.59 Å². The second kappa shape index (κ2) is 6.95. The topological polar surface area (TPSA) is 46.2 Å². The van der Waals surface area contributed by atoms with Crippen molar-refractivity contribution >= 4 is 29.0 Å². The van der Waals surface area contributed by atoms with Crippen molar-refractivity contribution in [2.45, 2.75) is 0 Å². The van der Waals surface area contributed by atoms with Gasteiger partial charge in [-0.1, -0.05) is 17.7 Å². The summed E-state index contributed by atoms with van der Waals surface area (Å²) in [5, 5.41) is 2.97. The highest BCUT2D eigenvalue weighted by Crippen LogP contribution is 2.15. The number of amides is 1. The van der Waals surface area contributed by atoms with Crippen LogP contribution in [0.3, 0.4) is 0 Å². The second-order valence-corrected chi connectivity index (χ2v) is 4.76. The second-order valence-electron chi connectivity index (χ2n) is 4.33. The van der Waals surface area contributed by atoms with Crippen molar-refractivity contribution in [3.63, 3.8) is 0 Å². The Bertz CT molecular complexity index is 760. The molecule has 1 N–H and O–H groups in total. The molecule has 0 aliphatic heterocycles. The number of hydrogen-bond donors (Lipinski definition) is 1. The molecule has 1 amide bonds. The van der Waals surface area contributed by atoms with Crippen LogP contribution in [-0.2, 0) is 4.79 Å². The lowest BCUT2D eigenvalue weighted by molar-refractivity contribution is -0.111. The third kappa shape index (κ3) is 4.23. The summed E-state index contributed by atoms with van der Waals surface area (Å²) in [5.74, 6) is -3.32. The molecular weight excluding hydrogens is 312 g/mol. The van der Waals surface area contributed by atoms with E-state index in [1.165, 1.54) is 0 Å². The lowest BCUT2D eigenvalue weighted by atomic mass is 10.1. The lowest BCUT2D eigenvalue weighted by Crippen LogP contribution is -2.08. The Morgan fingerprint density at radius 2 is 1.77 bits per heavy atom. The number of carbonyl (C=O) groups excluding carboxylic acids is 2. The maximum absolute atomic E-state index is 13.0. The highest BCUT2D eigenvalue weighted by atomic mass is 35.5. The molecule has 0 aliphatic rings. The number of rotatable bonds is 4. The molecule has 3 nitrogen and oxygen atoms in total. The molecule has 0 bridgehead atoms. The van der Waals surface area contributed by atoms with E-state index in [0.29, 0.717) is 10.7 Å². The molecule has 0 saturated carbocycles. The standard InChI is InChI=1S/C16H10ClF2NO2/c17-11-2-1-3-12(9-11)20-16(22)7-6-15(21)10-4-5-13(18)14(19)8-10/h1-9H,(H,20,22)/b7-6+. The first-order chi connectivity index (χ1) is 10.5. The van der Waals surface area contributed by atoms with Crippen LogP contribution in [0.2, 0.25) is 5.02 Å². The van der Waals surface area contributed by atoms with E-state index >= 15 is 0 Å². The fourth-order valence-electron chi connectivity index (χ4n) is 1.65. The SMILES string of the molecule is O=C(/C=C/C(=O)c1ccc(F)c(F)c1)Nc1cccc(Cl)c1. The molecule has 0 saturated heterocycles. The molecule has 2 aromatic rings. The molecule has 0 radical (unpaired) electrons. The third-order valence-corrected chi connectivity index (χ3v) is 2.92. The van der Waals surface area contributed by atoms with Gasteiger partial charge in [-0.25, -0.2) is 8.78 Å². The molecule has 0 fully saturated rings. The van der Waals surface area contributed by atoms with Gasteiger partial charge in [-0.2, -0.15) is 0 Å². The summed E-state index contributed by atoms with van der Waals surface area (Å²) in [6.07, 6.45) is 1.98. The normalized spacial score (nSPS) is 10.7. The van der Waals surface area contributed by atoms with Crippen LogP contribution in [0.25, 0.3) is 0 Å². The fraction of sp³-hybridized carbons (Fsp3) is 0. The molecule has 112 valence electrons. The number of nitrogens with one attached hydrogen (secondary N) is 1. The van der Waals surface area contributed by atoms with E-state index in [9.17, 15) is 18.4 Å². The summed E-state index contributed by atoms with van der Waals surface area (Å²) in [6.45, 7) is 0. The van der Waals surface area contributed by atoms with Gasteiger partial charge in [0.1, 0.15) is 0 Å². The number of halogens is 3. The van der Waals surface area contributed by atoms with Gasteiger partial charge in [0.15, 0.2) is 17.4 Å². The molecule has 0 aromatic heterocycles. The van der Waals surface area contributed by atoms with E-state index in [4.69, 9.17) is 11.6 Å². The van der Waals surface area contributed by atoms with Crippen molar-refractivity contribution in [3.05, 3.63) is 76.8 Å². The summed E-state index contributed by atoms with van der Waals surface area (Å²) in [5.41, 5.74) is 0.424. The Morgan fingerprint density at radius 1 is 1.00 bits per heavy atom. The Kier molecular flexibility index (Phi) is 5.01. The van der Waals surface area contributed by atoms with Gasteiger partial charge in [0.25, 0.3) is 0 Å². The van der Waals surface area contributed by atoms with Crippen molar-refractivity contribution in [1.82, 2.24) is 0 Å². The molecule has 0 spiro atoms. The minimum atomic E-state index is -1.12. The summed E-state index contributed by atoms with van der Waals surface area (Å²) in [7, 11) is 0. The summed E-state index contributed by atoms with van der Waals surface area (Å²) >= 11 is 5.77.